The number of hydrogen-bond donors (Lipinski definition) is 1. The van der Waals surface area contributed by atoms with Gasteiger partial charge in [-0.05, 0) is 42.8 Å². The van der Waals surface area contributed by atoms with Crippen molar-refractivity contribution in [3.63, 3.8) is 0 Å². The van der Waals surface area contributed by atoms with E-state index in [1.807, 2.05) is 0 Å². The van der Waals surface area contributed by atoms with Crippen LogP contribution in [-0.4, -0.2) is 39.0 Å². The lowest BCUT2D eigenvalue weighted by atomic mass is 9.95. The minimum atomic E-state index is -1.16. The summed E-state index contributed by atoms with van der Waals surface area (Å²) in [4.78, 5) is 37.5. The third kappa shape index (κ3) is 3.80. The summed E-state index contributed by atoms with van der Waals surface area (Å²) >= 11 is 1.06. The lowest BCUT2D eigenvalue weighted by molar-refractivity contribution is -0.384. The standard InChI is InChI=1S/C21H15FN4O6S/c1-10-23-24-21(33-10)25-17(11-3-6-13(7-4-11)26(30)31)16(19(28)20(25)29)18(27)12-5-8-15(32-2)14(22)9-12/h3-9,17,27H,1-2H3/b18-16-. The molecule has 4 rings (SSSR count). The number of amides is 1. The summed E-state index contributed by atoms with van der Waals surface area (Å²) in [6.07, 6.45) is 0. The third-order valence-corrected chi connectivity index (χ3v) is 5.85. The van der Waals surface area contributed by atoms with Crippen LogP contribution in [0.15, 0.2) is 48.0 Å². The summed E-state index contributed by atoms with van der Waals surface area (Å²) in [5, 5.41) is 30.5. The monoisotopic (exact) mass is 470 g/mol. The maximum Gasteiger partial charge on any atom is 0.301 e. The van der Waals surface area contributed by atoms with E-state index in [0.29, 0.717) is 10.6 Å². The van der Waals surface area contributed by atoms with Crippen molar-refractivity contribution in [2.24, 2.45) is 0 Å². The molecule has 1 aromatic heterocycles. The predicted molar refractivity (Wildman–Crippen MR) is 115 cm³/mol. The first kappa shape index (κ1) is 22.0. The third-order valence-electron chi connectivity index (χ3n) is 5.01. The molecule has 1 aliphatic rings. The molecule has 0 saturated carbocycles. The van der Waals surface area contributed by atoms with Gasteiger partial charge in [-0.1, -0.05) is 11.3 Å². The van der Waals surface area contributed by atoms with Crippen molar-refractivity contribution in [1.82, 2.24) is 10.2 Å². The zero-order chi connectivity index (χ0) is 23.9. The molecule has 2 aromatic carbocycles. The number of hydrogen-bond acceptors (Lipinski definition) is 9. The fourth-order valence-corrected chi connectivity index (χ4v) is 4.19. The lowest BCUT2D eigenvalue weighted by Crippen LogP contribution is -2.29. The fraction of sp³-hybridized carbons (Fsp3) is 0.143. The molecule has 3 aromatic rings. The van der Waals surface area contributed by atoms with Gasteiger partial charge in [-0.15, -0.1) is 10.2 Å². The first-order valence-electron chi connectivity index (χ1n) is 9.42. The van der Waals surface area contributed by atoms with Gasteiger partial charge in [0.2, 0.25) is 5.13 Å². The van der Waals surface area contributed by atoms with Gasteiger partial charge in [-0.2, -0.15) is 0 Å². The summed E-state index contributed by atoms with van der Waals surface area (Å²) < 4.78 is 19.1. The highest BCUT2D eigenvalue weighted by atomic mass is 32.1. The van der Waals surface area contributed by atoms with E-state index in [9.17, 15) is 29.2 Å². The molecule has 1 atom stereocenters. The van der Waals surface area contributed by atoms with Crippen LogP contribution in [0.4, 0.5) is 15.2 Å². The number of aryl methyl sites for hydroxylation is 1. The first-order valence-corrected chi connectivity index (χ1v) is 10.2. The Morgan fingerprint density at radius 3 is 2.45 bits per heavy atom. The summed E-state index contributed by atoms with van der Waals surface area (Å²) in [5.74, 6) is -3.43. The van der Waals surface area contributed by atoms with Gasteiger partial charge >= 0.3 is 5.91 Å². The van der Waals surface area contributed by atoms with Crippen LogP contribution in [0.25, 0.3) is 5.76 Å². The summed E-state index contributed by atoms with van der Waals surface area (Å²) in [6.45, 7) is 1.67. The number of Topliss-reactive ketones (excluding diaryl/α,β-unsaturated/α-hetero) is 1. The van der Waals surface area contributed by atoms with Gasteiger partial charge < -0.3 is 9.84 Å². The van der Waals surface area contributed by atoms with Gasteiger partial charge in [0.15, 0.2) is 11.6 Å². The Morgan fingerprint density at radius 2 is 1.91 bits per heavy atom. The number of methoxy groups -OCH3 is 1. The second-order valence-corrected chi connectivity index (χ2v) is 8.13. The smallest absolute Gasteiger partial charge is 0.301 e. The van der Waals surface area contributed by atoms with E-state index in [-0.39, 0.29) is 27.7 Å². The molecule has 2 heterocycles. The topological polar surface area (TPSA) is 136 Å². The normalized spacial score (nSPS) is 17.4. The van der Waals surface area contributed by atoms with Crippen LogP contribution in [0.2, 0.25) is 0 Å². The number of ketones is 1. The minimum Gasteiger partial charge on any atom is -0.507 e. The van der Waals surface area contributed by atoms with Gasteiger partial charge in [0, 0.05) is 17.7 Å². The van der Waals surface area contributed by atoms with Crippen LogP contribution in [0.1, 0.15) is 22.2 Å². The van der Waals surface area contributed by atoms with Crippen molar-refractivity contribution in [2.45, 2.75) is 13.0 Å². The number of ether oxygens (including phenoxy) is 1. The van der Waals surface area contributed by atoms with E-state index in [4.69, 9.17) is 4.74 Å². The molecular weight excluding hydrogens is 455 g/mol. The van der Waals surface area contributed by atoms with E-state index in [2.05, 4.69) is 10.2 Å². The molecule has 0 spiro atoms. The summed E-state index contributed by atoms with van der Waals surface area (Å²) in [7, 11) is 1.28. The molecule has 1 fully saturated rings. The molecule has 1 aliphatic heterocycles. The Kier molecular flexibility index (Phi) is 5.60. The number of aliphatic hydroxyl groups is 1. The lowest BCUT2D eigenvalue weighted by Gasteiger charge is -2.22. The second kappa shape index (κ2) is 8.39. The molecule has 1 amide bonds. The van der Waals surface area contributed by atoms with Gasteiger partial charge in [-0.3, -0.25) is 24.6 Å². The Bertz CT molecular complexity index is 1320. The van der Waals surface area contributed by atoms with Crippen LogP contribution in [-0.2, 0) is 9.59 Å². The molecule has 168 valence electrons. The number of non-ortho nitro benzene ring substituents is 1. The number of halogens is 1. The molecule has 0 aliphatic carbocycles. The summed E-state index contributed by atoms with van der Waals surface area (Å²) in [5.41, 5.74) is -0.249. The van der Waals surface area contributed by atoms with Crippen LogP contribution >= 0.6 is 11.3 Å². The van der Waals surface area contributed by atoms with Crippen molar-refractivity contribution >= 4 is 39.6 Å². The number of nitrogens with zero attached hydrogens (tertiary/aromatic N) is 4. The molecule has 1 N–H and O–H groups in total. The number of anilines is 1. The van der Waals surface area contributed by atoms with E-state index in [1.54, 1.807) is 6.92 Å². The highest BCUT2D eigenvalue weighted by molar-refractivity contribution is 7.15. The molecular formula is C21H15FN4O6S. The van der Waals surface area contributed by atoms with Crippen molar-refractivity contribution < 1.29 is 28.7 Å². The maximum absolute atomic E-state index is 14.3. The largest absolute Gasteiger partial charge is 0.507 e. The van der Waals surface area contributed by atoms with Gasteiger partial charge in [-0.25, -0.2) is 4.39 Å². The predicted octanol–water partition coefficient (Wildman–Crippen LogP) is 3.53. The van der Waals surface area contributed by atoms with Crippen molar-refractivity contribution in [3.8, 4) is 5.75 Å². The highest BCUT2D eigenvalue weighted by Crippen LogP contribution is 2.43. The zero-order valence-electron chi connectivity index (χ0n) is 17.2. The average molecular weight is 470 g/mol. The van der Waals surface area contributed by atoms with E-state index < -0.39 is 34.2 Å². The number of carbonyl (C=O) groups excluding carboxylic acids is 2. The van der Waals surface area contributed by atoms with E-state index >= 15 is 0 Å². The van der Waals surface area contributed by atoms with Crippen LogP contribution in [0, 0.1) is 22.9 Å². The Labute approximate surface area is 189 Å². The van der Waals surface area contributed by atoms with Crippen LogP contribution in [0.3, 0.4) is 0 Å². The van der Waals surface area contributed by atoms with Crippen molar-refractivity contribution in [1.29, 1.82) is 0 Å². The van der Waals surface area contributed by atoms with Gasteiger partial charge in [0.25, 0.3) is 11.5 Å². The van der Waals surface area contributed by atoms with Crippen LogP contribution in [0.5, 0.6) is 5.75 Å². The van der Waals surface area contributed by atoms with Crippen LogP contribution < -0.4 is 9.64 Å². The van der Waals surface area contributed by atoms with Gasteiger partial charge in [0.05, 0.1) is 23.6 Å². The van der Waals surface area contributed by atoms with Gasteiger partial charge in [0.1, 0.15) is 10.8 Å². The number of carbonyl (C=O) groups is 2. The molecule has 12 heteroatoms. The fourth-order valence-electron chi connectivity index (χ4n) is 3.48. The Morgan fingerprint density at radius 1 is 1.21 bits per heavy atom. The maximum atomic E-state index is 14.3. The Hall–Kier alpha value is -4.19. The number of rotatable bonds is 5. The number of benzene rings is 2. The second-order valence-electron chi connectivity index (χ2n) is 6.97. The zero-order valence-corrected chi connectivity index (χ0v) is 18.0. The number of nitro groups is 1. The van der Waals surface area contributed by atoms with Crippen molar-refractivity contribution in [2.75, 3.05) is 12.0 Å². The molecule has 1 unspecified atom stereocenters. The Balaban J connectivity index is 1.92. The number of aromatic nitrogens is 2. The molecule has 33 heavy (non-hydrogen) atoms. The summed E-state index contributed by atoms with van der Waals surface area (Å²) in [6, 6.07) is 7.60. The number of aliphatic hydroxyl groups excluding tert-OH is 1. The highest BCUT2D eigenvalue weighted by Gasteiger charge is 2.48. The minimum absolute atomic E-state index is 0.0494. The molecule has 1 saturated heterocycles. The van der Waals surface area contributed by atoms with Crippen molar-refractivity contribution in [3.05, 3.63) is 80.1 Å². The number of nitro benzene ring substituents is 1. The average Bonchev–Trinajstić information content (AvgIpc) is 3.34. The molecule has 0 radical (unpaired) electrons. The quantitative estimate of drug-likeness (QED) is 0.197. The van der Waals surface area contributed by atoms with E-state index in [0.717, 1.165) is 22.3 Å². The molecule has 10 nitrogen and oxygen atoms in total. The first-order chi connectivity index (χ1) is 15.7. The molecule has 0 bridgehead atoms. The van der Waals surface area contributed by atoms with E-state index in [1.165, 1.54) is 43.5 Å². The SMILES string of the molecule is COc1ccc(/C(O)=C2/C(=O)C(=O)N(c3nnc(C)s3)C2c2ccc([N+](=O)[O-])cc2)cc1F.